The van der Waals surface area contributed by atoms with Crippen LogP contribution < -0.4 is 15.4 Å². The summed E-state index contributed by atoms with van der Waals surface area (Å²) in [5.41, 5.74) is 7.13. The predicted molar refractivity (Wildman–Crippen MR) is 194 cm³/mol. The summed E-state index contributed by atoms with van der Waals surface area (Å²) in [4.78, 5) is 44.8. The molecule has 3 aliphatic heterocycles. The number of likely N-dealkylation sites (tertiary alicyclic amines) is 1. The van der Waals surface area contributed by atoms with Crippen molar-refractivity contribution in [3.05, 3.63) is 65.9 Å². The number of ether oxygens (including phenoxy) is 3. The number of H-pyrrole nitrogens is 2. The van der Waals surface area contributed by atoms with Crippen molar-refractivity contribution in [1.29, 1.82) is 0 Å². The Morgan fingerprint density at radius 3 is 2.69 bits per heavy atom. The Bertz CT molecular complexity index is 2120. The maximum absolute atomic E-state index is 14.0. The number of rotatable bonds is 8. The lowest BCUT2D eigenvalue weighted by Gasteiger charge is -2.30. The quantitative estimate of drug-likeness (QED) is 0.149. The van der Waals surface area contributed by atoms with E-state index < -0.39 is 12.1 Å². The number of aromatic nitrogens is 4. The molecule has 0 radical (unpaired) electrons. The number of carbonyl (C=O) groups is 2. The summed E-state index contributed by atoms with van der Waals surface area (Å²) in [5, 5.41) is 8.33. The van der Waals surface area contributed by atoms with E-state index in [2.05, 4.69) is 63.9 Å². The molecule has 2 saturated heterocycles. The molecule has 2 amide bonds. The normalized spacial score (nSPS) is 21.9. The number of nitrogens with one attached hydrogen (secondary N) is 4. The van der Waals surface area contributed by atoms with Crippen LogP contribution in [0.5, 0.6) is 5.75 Å². The van der Waals surface area contributed by atoms with Gasteiger partial charge in [-0.25, -0.2) is 14.8 Å². The highest BCUT2D eigenvalue weighted by molar-refractivity contribution is 6.07. The smallest absolute Gasteiger partial charge is 0.407 e. The zero-order chi connectivity index (χ0) is 35.4. The molecule has 12 nitrogen and oxygen atoms in total. The molecule has 51 heavy (non-hydrogen) atoms. The molecular weight excluding hydrogens is 646 g/mol. The van der Waals surface area contributed by atoms with Crippen molar-refractivity contribution in [3.63, 3.8) is 0 Å². The first-order chi connectivity index (χ1) is 24.7. The number of fused-ring (bicyclic) bond motifs is 6. The van der Waals surface area contributed by atoms with Crippen molar-refractivity contribution in [2.75, 3.05) is 33.9 Å². The molecule has 5 aromatic rings. The fraction of sp³-hybridized carbons (Fsp3) is 0.436. The molecule has 2 aromatic heterocycles. The SMILES string of the molecule is COC[C@H]1CC(c2nc3c(ccc4cc5c(cc43)OCc3cc(-c4cnc([C@@H]6C[C@H](C)CN6)[nH]4)ccc3-5)[nH]2)N(C(=O)[C@@H](NC(=O)OC)C(C)C)C1. The summed E-state index contributed by atoms with van der Waals surface area (Å²) < 4.78 is 16.7. The molecule has 0 spiro atoms. The summed E-state index contributed by atoms with van der Waals surface area (Å²) in [5.74, 6) is 2.99. The standard InChI is InChI=1S/C39H45N7O5/c1-20(2)34(45-39(48)50-5)38(47)46-17-22(18-49-4)11-32(46)37-42-29-9-7-23-13-28-26-8-6-24(31-16-41-36(43-31)30-10-21(3)15-40-30)12-25(26)19-51-33(28)14-27(23)35(29)44-37/h6-9,12-14,16,20-22,30,32,34,40H,10-11,15,17-19H2,1-5H3,(H,41,43)(H,42,44)(H,45,48)/t21-,22-,30-,32?,34-/m0/s1. The lowest BCUT2D eigenvalue weighted by molar-refractivity contribution is -0.135. The van der Waals surface area contributed by atoms with E-state index >= 15 is 0 Å². The number of nitrogens with zero attached hydrogens (tertiary/aromatic N) is 3. The van der Waals surface area contributed by atoms with Gasteiger partial charge in [-0.1, -0.05) is 39.0 Å². The van der Waals surface area contributed by atoms with Gasteiger partial charge in [-0.05, 0) is 77.6 Å². The van der Waals surface area contributed by atoms with E-state index in [4.69, 9.17) is 24.2 Å². The van der Waals surface area contributed by atoms with Gasteiger partial charge >= 0.3 is 6.09 Å². The largest absolute Gasteiger partial charge is 0.488 e. The van der Waals surface area contributed by atoms with Gasteiger partial charge in [0.1, 0.15) is 30.0 Å². The van der Waals surface area contributed by atoms with Crippen LogP contribution in [0, 0.1) is 17.8 Å². The molecule has 1 unspecified atom stereocenters. The van der Waals surface area contributed by atoms with Gasteiger partial charge in [0, 0.05) is 30.5 Å². The number of aromatic amines is 2. The van der Waals surface area contributed by atoms with Gasteiger partial charge in [0.15, 0.2) is 0 Å². The van der Waals surface area contributed by atoms with Gasteiger partial charge in [0.2, 0.25) is 5.91 Å². The van der Waals surface area contributed by atoms with Crippen LogP contribution in [-0.4, -0.2) is 76.8 Å². The number of hydrogen-bond acceptors (Lipinski definition) is 8. The molecule has 8 rings (SSSR count). The Balaban J connectivity index is 1.10. The van der Waals surface area contributed by atoms with Crippen LogP contribution in [0.1, 0.15) is 62.9 Å². The molecule has 3 aromatic carbocycles. The van der Waals surface area contributed by atoms with Gasteiger partial charge in [-0.3, -0.25) is 4.79 Å². The first kappa shape index (κ1) is 33.2. The molecule has 0 saturated carbocycles. The van der Waals surface area contributed by atoms with E-state index in [1.54, 1.807) is 7.11 Å². The van der Waals surface area contributed by atoms with E-state index in [-0.39, 0.29) is 29.8 Å². The van der Waals surface area contributed by atoms with Crippen molar-refractivity contribution >= 4 is 33.8 Å². The van der Waals surface area contributed by atoms with Crippen LogP contribution in [0.15, 0.2) is 48.7 Å². The van der Waals surface area contributed by atoms with Crippen molar-refractivity contribution in [2.45, 2.75) is 58.3 Å². The molecule has 0 bridgehead atoms. The van der Waals surface area contributed by atoms with Crippen LogP contribution in [-0.2, 0) is 20.9 Å². The third-order valence-electron chi connectivity index (χ3n) is 10.7. The van der Waals surface area contributed by atoms with Gasteiger partial charge < -0.3 is 39.7 Å². The number of imidazole rings is 2. The van der Waals surface area contributed by atoms with E-state index in [9.17, 15) is 9.59 Å². The lowest BCUT2D eigenvalue weighted by atomic mass is 9.92. The zero-order valence-corrected chi connectivity index (χ0v) is 29.7. The summed E-state index contributed by atoms with van der Waals surface area (Å²) >= 11 is 0. The van der Waals surface area contributed by atoms with Crippen molar-refractivity contribution in [3.8, 4) is 28.1 Å². The monoisotopic (exact) mass is 691 g/mol. The van der Waals surface area contributed by atoms with Crippen molar-refractivity contribution in [2.24, 2.45) is 17.8 Å². The summed E-state index contributed by atoms with van der Waals surface area (Å²) in [6, 6.07) is 14.2. The van der Waals surface area contributed by atoms with Crippen molar-refractivity contribution < 1.29 is 23.8 Å². The number of amides is 2. The molecule has 12 heteroatoms. The fourth-order valence-corrected chi connectivity index (χ4v) is 8.07. The molecule has 4 N–H and O–H groups in total. The maximum Gasteiger partial charge on any atom is 0.407 e. The Kier molecular flexibility index (Phi) is 8.67. The van der Waals surface area contributed by atoms with E-state index in [0.717, 1.165) is 74.3 Å². The number of carbonyl (C=O) groups excluding carboxylic acids is 2. The van der Waals surface area contributed by atoms with Crippen molar-refractivity contribution in [1.82, 2.24) is 35.5 Å². The second-order valence-corrected chi connectivity index (χ2v) is 14.7. The number of benzene rings is 3. The predicted octanol–water partition coefficient (Wildman–Crippen LogP) is 6.25. The second kappa shape index (κ2) is 13.3. The minimum atomic E-state index is -0.732. The molecule has 0 aliphatic carbocycles. The second-order valence-electron chi connectivity index (χ2n) is 14.7. The summed E-state index contributed by atoms with van der Waals surface area (Å²) in [6.45, 7) is 8.59. The third-order valence-corrected chi connectivity index (χ3v) is 10.7. The van der Waals surface area contributed by atoms with Crippen LogP contribution in [0.2, 0.25) is 0 Å². The van der Waals surface area contributed by atoms with Gasteiger partial charge in [0.25, 0.3) is 0 Å². The molecule has 266 valence electrons. The fourth-order valence-electron chi connectivity index (χ4n) is 8.07. The average molecular weight is 692 g/mol. The minimum Gasteiger partial charge on any atom is -0.488 e. The number of hydrogen-bond donors (Lipinski definition) is 4. The van der Waals surface area contributed by atoms with E-state index in [0.29, 0.717) is 37.9 Å². The van der Waals surface area contributed by atoms with Crippen LogP contribution in [0.3, 0.4) is 0 Å². The Labute approximate surface area is 296 Å². The average Bonchev–Trinajstić information content (AvgIpc) is 3.95. The topological polar surface area (TPSA) is 146 Å². The summed E-state index contributed by atoms with van der Waals surface area (Å²) in [6.07, 6.45) is 3.07. The Morgan fingerprint density at radius 2 is 1.92 bits per heavy atom. The lowest BCUT2D eigenvalue weighted by Crippen LogP contribution is -2.51. The third kappa shape index (κ3) is 6.10. The molecule has 5 heterocycles. The highest BCUT2D eigenvalue weighted by Gasteiger charge is 2.41. The Hall–Kier alpha value is -4.94. The van der Waals surface area contributed by atoms with Gasteiger partial charge in [-0.15, -0.1) is 0 Å². The van der Waals surface area contributed by atoms with Gasteiger partial charge in [-0.2, -0.15) is 0 Å². The summed E-state index contributed by atoms with van der Waals surface area (Å²) in [7, 11) is 2.97. The first-order valence-corrected chi connectivity index (χ1v) is 17.9. The highest BCUT2D eigenvalue weighted by atomic mass is 16.5. The number of alkyl carbamates (subject to hydrolysis) is 1. The van der Waals surface area contributed by atoms with Gasteiger partial charge in [0.05, 0.1) is 48.7 Å². The first-order valence-electron chi connectivity index (χ1n) is 17.9. The molecular formula is C39H45N7O5. The molecule has 5 atom stereocenters. The van der Waals surface area contributed by atoms with Crippen LogP contribution in [0.4, 0.5) is 4.79 Å². The highest BCUT2D eigenvalue weighted by Crippen LogP contribution is 2.43. The zero-order valence-electron chi connectivity index (χ0n) is 29.7. The maximum atomic E-state index is 14.0. The molecule has 3 aliphatic rings. The number of methoxy groups -OCH3 is 2. The molecule has 2 fully saturated rings. The Morgan fingerprint density at radius 1 is 1.06 bits per heavy atom. The van der Waals surface area contributed by atoms with Crippen LogP contribution in [0.25, 0.3) is 44.2 Å². The van der Waals surface area contributed by atoms with E-state index in [1.165, 1.54) is 7.11 Å². The minimum absolute atomic E-state index is 0.129. The van der Waals surface area contributed by atoms with E-state index in [1.807, 2.05) is 31.0 Å². The van der Waals surface area contributed by atoms with Crippen LogP contribution >= 0.6 is 0 Å².